The number of carbonyl (C=O) groups is 2. The first-order valence-electron chi connectivity index (χ1n) is 6.85. The molecule has 7 nitrogen and oxygen atoms in total. The van der Waals surface area contributed by atoms with Crippen molar-refractivity contribution in [3.63, 3.8) is 0 Å². The molecule has 126 valence electrons. The number of esters is 1. The van der Waals surface area contributed by atoms with Crippen molar-refractivity contribution in [2.45, 2.75) is 13.8 Å². The minimum atomic E-state index is -5.02. The van der Waals surface area contributed by atoms with Gasteiger partial charge in [0.25, 0.3) is 0 Å². The van der Waals surface area contributed by atoms with E-state index < -0.39 is 19.8 Å². The van der Waals surface area contributed by atoms with Gasteiger partial charge in [-0.25, -0.2) is 14.2 Å². The van der Waals surface area contributed by atoms with Crippen LogP contribution in [0.15, 0.2) is 42.5 Å². The van der Waals surface area contributed by atoms with Gasteiger partial charge in [0.15, 0.2) is 0 Å². The standard InChI is InChI=1S/C16H15O7P/c1-10-7-11(2)9-12(8-10)22-15(17)13-5-3-4-6-14(13)16(18)23-24(19,20)21/h3-9H,1-2H3,(H2,19,20,21). The van der Waals surface area contributed by atoms with E-state index >= 15 is 0 Å². The predicted octanol–water partition coefficient (Wildman–Crippen LogP) is 2.77. The average Bonchev–Trinajstić information content (AvgIpc) is 2.44. The van der Waals surface area contributed by atoms with Crippen LogP contribution in [0.2, 0.25) is 0 Å². The molecule has 2 N–H and O–H groups in total. The summed E-state index contributed by atoms with van der Waals surface area (Å²) in [6.07, 6.45) is 0. The van der Waals surface area contributed by atoms with Crippen LogP contribution in [0.3, 0.4) is 0 Å². The molecule has 0 aromatic heterocycles. The number of hydrogen-bond donors (Lipinski definition) is 2. The summed E-state index contributed by atoms with van der Waals surface area (Å²) in [5, 5.41) is 0. The smallest absolute Gasteiger partial charge is 0.423 e. The molecule has 0 aliphatic heterocycles. The van der Waals surface area contributed by atoms with Crippen molar-refractivity contribution >= 4 is 19.8 Å². The summed E-state index contributed by atoms with van der Waals surface area (Å²) in [7, 11) is -5.02. The summed E-state index contributed by atoms with van der Waals surface area (Å²) in [5.74, 6) is -1.84. The van der Waals surface area contributed by atoms with Crippen LogP contribution in [0.5, 0.6) is 5.75 Å². The van der Waals surface area contributed by atoms with Gasteiger partial charge in [-0.05, 0) is 49.2 Å². The quantitative estimate of drug-likeness (QED) is 0.495. The summed E-state index contributed by atoms with van der Waals surface area (Å²) in [4.78, 5) is 41.6. The zero-order chi connectivity index (χ0) is 17.9. The zero-order valence-corrected chi connectivity index (χ0v) is 13.8. The predicted molar refractivity (Wildman–Crippen MR) is 84.8 cm³/mol. The van der Waals surface area contributed by atoms with Crippen LogP contribution in [0.4, 0.5) is 0 Å². The number of ether oxygens (including phenoxy) is 1. The van der Waals surface area contributed by atoms with E-state index in [0.29, 0.717) is 5.75 Å². The fourth-order valence-corrected chi connectivity index (χ4v) is 2.46. The second-order valence-electron chi connectivity index (χ2n) is 5.13. The lowest BCUT2D eigenvalue weighted by Crippen LogP contribution is -2.15. The Morgan fingerprint density at radius 2 is 1.42 bits per heavy atom. The minimum Gasteiger partial charge on any atom is -0.423 e. The highest BCUT2D eigenvalue weighted by molar-refractivity contribution is 7.46. The maximum atomic E-state index is 12.3. The van der Waals surface area contributed by atoms with Crippen LogP contribution < -0.4 is 4.74 Å². The van der Waals surface area contributed by atoms with Crippen molar-refractivity contribution in [1.29, 1.82) is 0 Å². The van der Waals surface area contributed by atoms with E-state index in [2.05, 4.69) is 4.52 Å². The molecule has 2 aromatic rings. The molecule has 0 atom stereocenters. The SMILES string of the molecule is Cc1cc(C)cc(OC(=O)c2ccccc2C(=O)OP(=O)(O)O)c1. The lowest BCUT2D eigenvalue weighted by Gasteiger charge is -2.10. The number of benzene rings is 2. The summed E-state index contributed by atoms with van der Waals surface area (Å²) in [6, 6.07) is 10.7. The Morgan fingerprint density at radius 3 is 1.92 bits per heavy atom. The van der Waals surface area contributed by atoms with Gasteiger partial charge in [-0.3, -0.25) is 9.79 Å². The van der Waals surface area contributed by atoms with Crippen molar-refractivity contribution < 1.29 is 33.2 Å². The lowest BCUT2D eigenvalue weighted by atomic mass is 10.1. The van der Waals surface area contributed by atoms with Crippen molar-refractivity contribution in [3.8, 4) is 5.75 Å². The second kappa shape index (κ2) is 6.97. The van der Waals surface area contributed by atoms with Crippen LogP contribution in [-0.4, -0.2) is 21.7 Å². The van der Waals surface area contributed by atoms with Crippen molar-refractivity contribution in [2.24, 2.45) is 0 Å². The summed E-state index contributed by atoms with van der Waals surface area (Å²) >= 11 is 0. The summed E-state index contributed by atoms with van der Waals surface area (Å²) < 4.78 is 20.1. The van der Waals surface area contributed by atoms with Crippen molar-refractivity contribution in [1.82, 2.24) is 0 Å². The average molecular weight is 350 g/mol. The molecule has 0 radical (unpaired) electrons. The topological polar surface area (TPSA) is 110 Å². The first-order valence-corrected chi connectivity index (χ1v) is 8.38. The Labute approximate surface area is 138 Å². The highest BCUT2D eigenvalue weighted by Crippen LogP contribution is 2.37. The lowest BCUT2D eigenvalue weighted by molar-refractivity contribution is 0.0652. The van der Waals surface area contributed by atoms with Crippen molar-refractivity contribution in [3.05, 3.63) is 64.7 Å². The molecule has 8 heteroatoms. The van der Waals surface area contributed by atoms with Crippen LogP contribution in [0, 0.1) is 13.8 Å². The molecule has 2 rings (SSSR count). The van der Waals surface area contributed by atoms with Crippen molar-refractivity contribution in [2.75, 3.05) is 0 Å². The third-order valence-electron chi connectivity index (χ3n) is 2.97. The van der Waals surface area contributed by atoms with Gasteiger partial charge in [0, 0.05) is 0 Å². The number of hydrogen-bond acceptors (Lipinski definition) is 5. The Hall–Kier alpha value is -2.47. The normalized spacial score (nSPS) is 11.0. The molecule has 2 aromatic carbocycles. The molecular formula is C16H15O7P. The van der Waals surface area contributed by atoms with Crippen LogP contribution in [-0.2, 0) is 9.09 Å². The Bertz CT molecular complexity index is 818. The molecule has 0 saturated carbocycles. The van der Waals surface area contributed by atoms with E-state index in [-0.39, 0.29) is 11.1 Å². The number of carbonyl (C=O) groups excluding carboxylic acids is 2. The van der Waals surface area contributed by atoms with Gasteiger partial charge in [-0.1, -0.05) is 18.2 Å². The van der Waals surface area contributed by atoms with Gasteiger partial charge < -0.3 is 9.26 Å². The molecule has 0 bridgehead atoms. The Morgan fingerprint density at radius 1 is 0.917 bits per heavy atom. The van der Waals surface area contributed by atoms with E-state index in [1.54, 1.807) is 12.1 Å². The number of rotatable bonds is 4. The molecule has 0 saturated heterocycles. The Kier molecular flexibility index (Phi) is 5.19. The molecular weight excluding hydrogens is 335 g/mol. The van der Waals surface area contributed by atoms with Gasteiger partial charge in [-0.15, -0.1) is 0 Å². The fraction of sp³-hybridized carbons (Fsp3) is 0.125. The zero-order valence-electron chi connectivity index (χ0n) is 12.9. The monoisotopic (exact) mass is 350 g/mol. The first kappa shape index (κ1) is 17.9. The molecule has 0 heterocycles. The maximum Gasteiger partial charge on any atom is 0.527 e. The molecule has 0 aliphatic rings. The summed E-state index contributed by atoms with van der Waals surface area (Å²) in [6.45, 7) is 3.69. The number of phosphoric acid groups is 1. The third-order valence-corrected chi connectivity index (χ3v) is 3.38. The third kappa shape index (κ3) is 4.76. The first-order chi connectivity index (χ1) is 11.2. The van der Waals surface area contributed by atoms with E-state index in [1.165, 1.54) is 24.3 Å². The minimum absolute atomic E-state index is 0.157. The van der Waals surface area contributed by atoms with E-state index in [4.69, 9.17) is 14.5 Å². The van der Waals surface area contributed by atoms with Gasteiger partial charge in [0.1, 0.15) is 5.75 Å². The molecule has 0 aliphatic carbocycles. The number of phosphoric ester groups is 1. The van der Waals surface area contributed by atoms with Crippen LogP contribution >= 0.6 is 7.82 Å². The molecule has 0 spiro atoms. The van der Waals surface area contributed by atoms with Gasteiger partial charge in [0.05, 0.1) is 11.1 Å². The van der Waals surface area contributed by atoms with Gasteiger partial charge in [-0.2, -0.15) is 0 Å². The molecule has 24 heavy (non-hydrogen) atoms. The fourth-order valence-electron chi connectivity index (χ4n) is 2.15. The highest BCUT2D eigenvalue weighted by atomic mass is 31.2. The van der Waals surface area contributed by atoms with Gasteiger partial charge >= 0.3 is 19.8 Å². The highest BCUT2D eigenvalue weighted by Gasteiger charge is 2.26. The van der Waals surface area contributed by atoms with E-state index in [9.17, 15) is 14.2 Å². The second-order valence-corrected chi connectivity index (χ2v) is 6.29. The van der Waals surface area contributed by atoms with Crippen LogP contribution in [0.25, 0.3) is 0 Å². The molecule has 0 unspecified atom stereocenters. The molecule has 0 amide bonds. The largest absolute Gasteiger partial charge is 0.527 e. The van der Waals surface area contributed by atoms with Gasteiger partial charge in [0.2, 0.25) is 0 Å². The summed E-state index contributed by atoms with van der Waals surface area (Å²) in [5.41, 5.74) is 1.34. The van der Waals surface area contributed by atoms with Crippen LogP contribution in [0.1, 0.15) is 31.8 Å². The molecule has 0 fully saturated rings. The number of aryl methyl sites for hydroxylation is 2. The Balaban J connectivity index is 2.30. The maximum absolute atomic E-state index is 12.3. The van der Waals surface area contributed by atoms with E-state index in [0.717, 1.165) is 11.1 Å². The van der Waals surface area contributed by atoms with E-state index in [1.807, 2.05) is 19.9 Å².